The van der Waals surface area contributed by atoms with Crippen LogP contribution >= 0.6 is 0 Å². The Labute approximate surface area is 253 Å². The number of aromatic nitrogens is 1. The Kier molecular flexibility index (Phi) is 10.5. The van der Waals surface area contributed by atoms with Gasteiger partial charge >= 0.3 is 6.18 Å². The normalized spacial score (nSPS) is 15.4. The number of carbonyl (C=O) groups is 2. The molecule has 0 unspecified atom stereocenters. The minimum atomic E-state index is -4.94. The maximum absolute atomic E-state index is 14.3. The summed E-state index contributed by atoms with van der Waals surface area (Å²) in [6.07, 6.45) is 0.696. The third-order valence-corrected chi connectivity index (χ3v) is 9.78. The summed E-state index contributed by atoms with van der Waals surface area (Å²) >= 11 is 0. The summed E-state index contributed by atoms with van der Waals surface area (Å²) in [4.78, 5) is 24.6. The molecular weight excluding hydrogens is 581 g/mol. The Hall–Kier alpha value is -2.86. The average molecular weight is 627 g/mol. The van der Waals surface area contributed by atoms with Crippen LogP contribution in [0.25, 0.3) is 11.3 Å². The number of hydrogen-bond donors (Lipinski definition) is 3. The summed E-state index contributed by atoms with van der Waals surface area (Å²) in [5.41, 5.74) is -1.44. The van der Waals surface area contributed by atoms with Crippen LogP contribution in [0.1, 0.15) is 94.8 Å². The fourth-order valence-electron chi connectivity index (χ4n) is 5.62. The SMILES string of the molecule is CNC(=O)C(C)(C)CCNC(=O)c1cc(-c2ccc(S(=O)(=O)NC(C)(C)C)c(C(F)(F)F)c2)n(CC2CCCCC2)c1C. The lowest BCUT2D eigenvalue weighted by atomic mass is 9.88. The zero-order valence-electron chi connectivity index (χ0n) is 26.2. The van der Waals surface area contributed by atoms with Gasteiger partial charge in [0.2, 0.25) is 15.9 Å². The minimum Gasteiger partial charge on any atom is -0.359 e. The largest absolute Gasteiger partial charge is 0.417 e. The molecule has 240 valence electrons. The molecule has 1 aromatic heterocycles. The molecule has 43 heavy (non-hydrogen) atoms. The molecule has 0 spiro atoms. The van der Waals surface area contributed by atoms with Crippen LogP contribution in [-0.4, -0.2) is 43.9 Å². The number of sulfonamides is 1. The van der Waals surface area contributed by atoms with E-state index in [1.165, 1.54) is 6.07 Å². The van der Waals surface area contributed by atoms with Gasteiger partial charge in [-0.05, 0) is 76.6 Å². The predicted molar refractivity (Wildman–Crippen MR) is 161 cm³/mol. The van der Waals surface area contributed by atoms with Gasteiger partial charge in [-0.1, -0.05) is 39.2 Å². The number of benzene rings is 1. The number of carbonyl (C=O) groups excluding carboxylic acids is 2. The molecule has 1 aliphatic carbocycles. The number of nitrogens with one attached hydrogen (secondary N) is 3. The van der Waals surface area contributed by atoms with E-state index >= 15 is 0 Å². The molecular formula is C31H45F3N4O4S. The fraction of sp³-hybridized carbons (Fsp3) is 0.613. The Morgan fingerprint density at radius 3 is 2.19 bits per heavy atom. The Bertz CT molecular complexity index is 1430. The first kappa shape index (κ1) is 34.6. The van der Waals surface area contributed by atoms with Crippen LogP contribution in [0.15, 0.2) is 29.2 Å². The second-order valence-electron chi connectivity index (χ2n) is 13.2. The lowest BCUT2D eigenvalue weighted by Gasteiger charge is -2.25. The van der Waals surface area contributed by atoms with Gasteiger partial charge in [-0.25, -0.2) is 13.1 Å². The van der Waals surface area contributed by atoms with Gasteiger partial charge in [-0.2, -0.15) is 13.2 Å². The Morgan fingerprint density at radius 1 is 1.00 bits per heavy atom. The van der Waals surface area contributed by atoms with Crippen molar-refractivity contribution >= 4 is 21.8 Å². The topological polar surface area (TPSA) is 109 Å². The highest BCUT2D eigenvalue weighted by Crippen LogP contribution is 2.39. The number of hydrogen-bond acceptors (Lipinski definition) is 4. The van der Waals surface area contributed by atoms with E-state index in [4.69, 9.17) is 0 Å². The van der Waals surface area contributed by atoms with Crippen molar-refractivity contribution < 1.29 is 31.2 Å². The van der Waals surface area contributed by atoms with E-state index in [-0.39, 0.29) is 18.0 Å². The lowest BCUT2D eigenvalue weighted by molar-refractivity contribution is -0.139. The molecule has 1 saturated carbocycles. The monoisotopic (exact) mass is 626 g/mol. The van der Waals surface area contributed by atoms with Gasteiger partial charge in [0.15, 0.2) is 0 Å². The van der Waals surface area contributed by atoms with Gasteiger partial charge in [-0.3, -0.25) is 9.59 Å². The van der Waals surface area contributed by atoms with Crippen molar-refractivity contribution in [1.82, 2.24) is 19.9 Å². The van der Waals surface area contributed by atoms with Crippen molar-refractivity contribution in [2.24, 2.45) is 11.3 Å². The first-order chi connectivity index (χ1) is 19.8. The second-order valence-corrected chi connectivity index (χ2v) is 14.8. The summed E-state index contributed by atoms with van der Waals surface area (Å²) in [7, 11) is -2.93. The standard InChI is InChI=1S/C31H45F3N4O4S/c1-20-23(27(39)36-16-15-30(5,6)28(40)35-7)18-25(38(20)19-21-11-9-8-10-12-21)22-13-14-26(24(17-22)31(32,33)34)43(41,42)37-29(2,3)4/h13-14,17-18,21,37H,8-12,15-16,19H2,1-7H3,(H,35,40)(H,36,39). The molecule has 0 atom stereocenters. The Morgan fingerprint density at radius 2 is 1.63 bits per heavy atom. The summed E-state index contributed by atoms with van der Waals surface area (Å²) in [5.74, 6) is -0.235. The summed E-state index contributed by atoms with van der Waals surface area (Å²) in [6, 6.07) is 4.79. The van der Waals surface area contributed by atoms with Crippen LogP contribution in [0.5, 0.6) is 0 Å². The van der Waals surface area contributed by atoms with Crippen LogP contribution in [-0.2, 0) is 27.5 Å². The average Bonchev–Trinajstić information content (AvgIpc) is 3.22. The van der Waals surface area contributed by atoms with Crippen LogP contribution in [0.4, 0.5) is 13.2 Å². The van der Waals surface area contributed by atoms with E-state index in [0.717, 1.165) is 44.2 Å². The molecule has 2 aromatic rings. The van der Waals surface area contributed by atoms with E-state index in [1.807, 2.05) is 4.57 Å². The van der Waals surface area contributed by atoms with E-state index in [1.54, 1.807) is 54.7 Å². The molecule has 0 saturated heterocycles. The molecule has 8 nitrogen and oxygen atoms in total. The molecule has 3 N–H and O–H groups in total. The molecule has 1 aliphatic rings. The molecule has 0 radical (unpaired) electrons. The highest BCUT2D eigenvalue weighted by atomic mass is 32.2. The summed E-state index contributed by atoms with van der Waals surface area (Å²) in [5, 5.41) is 5.47. The van der Waals surface area contributed by atoms with Gasteiger partial charge < -0.3 is 15.2 Å². The van der Waals surface area contributed by atoms with Crippen molar-refractivity contribution in [2.45, 2.75) is 103 Å². The zero-order chi connectivity index (χ0) is 32.4. The smallest absolute Gasteiger partial charge is 0.359 e. The maximum atomic E-state index is 14.3. The summed E-state index contributed by atoms with van der Waals surface area (Å²) < 4.78 is 73.1. The quantitative estimate of drug-likeness (QED) is 0.299. The maximum Gasteiger partial charge on any atom is 0.417 e. The third kappa shape index (κ3) is 8.62. The molecule has 0 bridgehead atoms. The van der Waals surface area contributed by atoms with Crippen molar-refractivity contribution in [3.8, 4) is 11.3 Å². The first-order valence-electron chi connectivity index (χ1n) is 14.7. The number of halogens is 3. The second kappa shape index (κ2) is 13.0. The van der Waals surface area contributed by atoms with E-state index in [9.17, 15) is 31.2 Å². The van der Waals surface area contributed by atoms with Crippen LogP contribution in [0.3, 0.4) is 0 Å². The van der Waals surface area contributed by atoms with Crippen LogP contribution in [0, 0.1) is 18.3 Å². The van der Waals surface area contributed by atoms with Crippen molar-refractivity contribution in [3.63, 3.8) is 0 Å². The first-order valence-corrected chi connectivity index (χ1v) is 16.2. The molecule has 12 heteroatoms. The van der Waals surface area contributed by atoms with Crippen molar-refractivity contribution in [3.05, 3.63) is 41.1 Å². The number of alkyl halides is 3. The highest BCUT2D eigenvalue weighted by Gasteiger charge is 2.39. The van der Waals surface area contributed by atoms with Crippen LogP contribution < -0.4 is 15.4 Å². The van der Waals surface area contributed by atoms with Gasteiger partial charge in [0, 0.05) is 42.5 Å². The summed E-state index contributed by atoms with van der Waals surface area (Å²) in [6.45, 7) is 10.8. The number of nitrogens with zero attached hydrogens (tertiary/aromatic N) is 1. The predicted octanol–water partition coefficient (Wildman–Crippen LogP) is 6.03. The molecule has 1 fully saturated rings. The third-order valence-electron chi connectivity index (χ3n) is 7.96. The fourth-order valence-corrected chi connectivity index (χ4v) is 7.24. The van der Waals surface area contributed by atoms with Crippen LogP contribution in [0.2, 0.25) is 0 Å². The van der Waals surface area contributed by atoms with Crippen molar-refractivity contribution in [2.75, 3.05) is 13.6 Å². The molecule has 3 rings (SSSR count). The number of amides is 2. The zero-order valence-corrected chi connectivity index (χ0v) is 27.0. The van der Waals surface area contributed by atoms with Gasteiger partial charge in [0.1, 0.15) is 0 Å². The van der Waals surface area contributed by atoms with E-state index < -0.39 is 43.5 Å². The lowest BCUT2D eigenvalue weighted by Crippen LogP contribution is -2.41. The van der Waals surface area contributed by atoms with Gasteiger partial charge in [0.25, 0.3) is 5.91 Å². The van der Waals surface area contributed by atoms with Gasteiger partial charge in [-0.15, -0.1) is 0 Å². The Balaban J connectivity index is 2.06. The minimum absolute atomic E-state index is 0.150. The molecule has 1 heterocycles. The van der Waals surface area contributed by atoms with Crippen molar-refractivity contribution in [1.29, 1.82) is 0 Å². The molecule has 1 aromatic carbocycles. The molecule has 2 amide bonds. The van der Waals surface area contributed by atoms with Gasteiger partial charge in [0.05, 0.1) is 16.0 Å². The molecule has 0 aliphatic heterocycles. The van der Waals surface area contributed by atoms with E-state index in [2.05, 4.69) is 15.4 Å². The number of rotatable bonds is 10. The highest BCUT2D eigenvalue weighted by molar-refractivity contribution is 7.89. The van der Waals surface area contributed by atoms with E-state index in [0.29, 0.717) is 35.8 Å².